The summed E-state index contributed by atoms with van der Waals surface area (Å²) in [6, 6.07) is 4.22. The van der Waals surface area contributed by atoms with Gasteiger partial charge in [-0.25, -0.2) is 0 Å². The molecule has 1 heterocycles. The van der Waals surface area contributed by atoms with Crippen molar-refractivity contribution in [2.75, 3.05) is 60.7 Å². The van der Waals surface area contributed by atoms with Crippen LogP contribution in [0.15, 0.2) is 17.1 Å². The Kier molecular flexibility index (Phi) is 12.2. The molecule has 0 spiro atoms. The highest BCUT2D eigenvalue weighted by Crippen LogP contribution is 2.33. The van der Waals surface area contributed by atoms with Crippen LogP contribution in [0.5, 0.6) is 11.5 Å². The highest BCUT2D eigenvalue weighted by Gasteiger charge is 2.19. The van der Waals surface area contributed by atoms with E-state index in [1.165, 1.54) is 11.1 Å². The lowest BCUT2D eigenvalue weighted by Gasteiger charge is -2.29. The number of benzene rings is 1. The summed E-state index contributed by atoms with van der Waals surface area (Å²) >= 11 is 0. The van der Waals surface area contributed by atoms with Crippen LogP contribution in [0.2, 0.25) is 0 Å². The molecule has 160 valence electrons. The lowest BCUT2D eigenvalue weighted by atomic mass is 9.99. The van der Waals surface area contributed by atoms with E-state index in [0.29, 0.717) is 0 Å². The molecule has 0 saturated heterocycles. The highest BCUT2D eigenvalue weighted by molar-refractivity contribution is 14.0. The molecule has 1 aromatic carbocycles. The van der Waals surface area contributed by atoms with Crippen LogP contribution in [-0.2, 0) is 17.7 Å². The SMILES string of the molecule is CCNC(=NCCCOC)NCCN1CCc2cc(OC)c(OC)cc2C1.I. The maximum Gasteiger partial charge on any atom is 0.191 e. The monoisotopic (exact) mass is 506 g/mol. The second-order valence-corrected chi connectivity index (χ2v) is 6.54. The number of fused-ring (bicyclic) bond motifs is 1. The largest absolute Gasteiger partial charge is 0.493 e. The van der Waals surface area contributed by atoms with Gasteiger partial charge in [-0.2, -0.15) is 0 Å². The lowest BCUT2D eigenvalue weighted by molar-refractivity contribution is 0.197. The first-order valence-electron chi connectivity index (χ1n) is 9.69. The van der Waals surface area contributed by atoms with Gasteiger partial charge in [-0.05, 0) is 43.0 Å². The van der Waals surface area contributed by atoms with E-state index < -0.39 is 0 Å². The van der Waals surface area contributed by atoms with E-state index in [1.54, 1.807) is 21.3 Å². The van der Waals surface area contributed by atoms with Gasteiger partial charge >= 0.3 is 0 Å². The summed E-state index contributed by atoms with van der Waals surface area (Å²) in [5, 5.41) is 6.71. The van der Waals surface area contributed by atoms with Crippen molar-refractivity contribution in [3.63, 3.8) is 0 Å². The lowest BCUT2D eigenvalue weighted by Crippen LogP contribution is -2.42. The Labute approximate surface area is 186 Å². The number of guanidine groups is 1. The summed E-state index contributed by atoms with van der Waals surface area (Å²) in [6.45, 7) is 8.25. The van der Waals surface area contributed by atoms with Gasteiger partial charge < -0.3 is 24.8 Å². The van der Waals surface area contributed by atoms with Crippen LogP contribution in [-0.4, -0.2) is 71.5 Å². The molecule has 0 bridgehead atoms. The number of aliphatic imine (C=N–C) groups is 1. The molecule has 0 amide bonds. The van der Waals surface area contributed by atoms with Gasteiger partial charge in [0.25, 0.3) is 0 Å². The molecule has 0 aromatic heterocycles. The van der Waals surface area contributed by atoms with Crippen molar-refractivity contribution in [3.05, 3.63) is 23.3 Å². The van der Waals surface area contributed by atoms with Crippen LogP contribution in [0.3, 0.4) is 0 Å². The third kappa shape index (κ3) is 7.63. The molecular formula is C20H35IN4O3. The smallest absolute Gasteiger partial charge is 0.191 e. The summed E-state index contributed by atoms with van der Waals surface area (Å²) < 4.78 is 15.9. The summed E-state index contributed by atoms with van der Waals surface area (Å²) in [5.74, 6) is 2.48. The second-order valence-electron chi connectivity index (χ2n) is 6.54. The van der Waals surface area contributed by atoms with Gasteiger partial charge in [0.05, 0.1) is 14.2 Å². The highest BCUT2D eigenvalue weighted by atomic mass is 127. The van der Waals surface area contributed by atoms with Crippen LogP contribution < -0.4 is 20.1 Å². The van der Waals surface area contributed by atoms with Gasteiger partial charge in [0.15, 0.2) is 17.5 Å². The van der Waals surface area contributed by atoms with Crippen LogP contribution in [0.4, 0.5) is 0 Å². The molecule has 0 unspecified atom stereocenters. The molecule has 2 rings (SSSR count). The Morgan fingerprint density at radius 3 is 2.46 bits per heavy atom. The maximum atomic E-state index is 5.44. The maximum absolute atomic E-state index is 5.44. The molecule has 28 heavy (non-hydrogen) atoms. The fourth-order valence-corrected chi connectivity index (χ4v) is 3.21. The summed E-state index contributed by atoms with van der Waals surface area (Å²) in [5.41, 5.74) is 2.67. The topological polar surface area (TPSA) is 67.4 Å². The molecule has 0 aliphatic carbocycles. The number of nitrogens with zero attached hydrogens (tertiary/aromatic N) is 2. The molecule has 0 saturated carbocycles. The Hall–Kier alpha value is -1.26. The average molecular weight is 506 g/mol. The van der Waals surface area contributed by atoms with Crippen molar-refractivity contribution < 1.29 is 14.2 Å². The third-order valence-corrected chi connectivity index (χ3v) is 4.64. The van der Waals surface area contributed by atoms with Crippen molar-refractivity contribution in [3.8, 4) is 11.5 Å². The Morgan fingerprint density at radius 1 is 1.11 bits per heavy atom. The first kappa shape index (κ1) is 24.8. The van der Waals surface area contributed by atoms with Crippen molar-refractivity contribution in [2.45, 2.75) is 26.3 Å². The van der Waals surface area contributed by atoms with E-state index in [2.05, 4.69) is 39.6 Å². The molecule has 0 radical (unpaired) electrons. The fourth-order valence-electron chi connectivity index (χ4n) is 3.21. The zero-order valence-corrected chi connectivity index (χ0v) is 19.9. The Bertz CT molecular complexity index is 613. The van der Waals surface area contributed by atoms with Gasteiger partial charge in [-0.15, -0.1) is 24.0 Å². The van der Waals surface area contributed by atoms with Gasteiger partial charge in [-0.3, -0.25) is 9.89 Å². The Balaban J connectivity index is 0.00000392. The minimum atomic E-state index is 0. The van der Waals surface area contributed by atoms with Crippen LogP contribution in [0.25, 0.3) is 0 Å². The zero-order valence-electron chi connectivity index (χ0n) is 17.5. The fraction of sp³-hybridized carbons (Fsp3) is 0.650. The van der Waals surface area contributed by atoms with Crippen molar-refractivity contribution >= 4 is 29.9 Å². The van der Waals surface area contributed by atoms with Crippen molar-refractivity contribution in [1.82, 2.24) is 15.5 Å². The first-order valence-corrected chi connectivity index (χ1v) is 9.69. The number of hydrogen-bond acceptors (Lipinski definition) is 5. The van der Waals surface area contributed by atoms with E-state index in [9.17, 15) is 0 Å². The number of ether oxygens (including phenoxy) is 3. The van der Waals surface area contributed by atoms with E-state index in [-0.39, 0.29) is 24.0 Å². The number of halogens is 1. The summed E-state index contributed by atoms with van der Waals surface area (Å²) in [4.78, 5) is 7.03. The molecule has 7 nitrogen and oxygen atoms in total. The Morgan fingerprint density at radius 2 is 1.82 bits per heavy atom. The minimum absolute atomic E-state index is 0. The van der Waals surface area contributed by atoms with Gasteiger partial charge in [0, 0.05) is 53.0 Å². The predicted molar refractivity (Wildman–Crippen MR) is 124 cm³/mol. The van der Waals surface area contributed by atoms with Gasteiger partial charge in [-0.1, -0.05) is 0 Å². The predicted octanol–water partition coefficient (Wildman–Crippen LogP) is 2.27. The van der Waals surface area contributed by atoms with Crippen molar-refractivity contribution in [1.29, 1.82) is 0 Å². The van der Waals surface area contributed by atoms with Gasteiger partial charge in [0.1, 0.15) is 0 Å². The first-order chi connectivity index (χ1) is 13.2. The van der Waals surface area contributed by atoms with Crippen LogP contribution in [0.1, 0.15) is 24.5 Å². The van der Waals surface area contributed by atoms with Crippen LogP contribution in [0, 0.1) is 0 Å². The molecule has 8 heteroatoms. The molecule has 0 atom stereocenters. The normalized spacial score (nSPS) is 14.1. The third-order valence-electron chi connectivity index (χ3n) is 4.64. The number of hydrogen-bond donors (Lipinski definition) is 2. The molecule has 1 aliphatic rings. The molecule has 0 fully saturated rings. The number of nitrogens with one attached hydrogen (secondary N) is 2. The molecular weight excluding hydrogens is 471 g/mol. The van der Waals surface area contributed by atoms with Crippen molar-refractivity contribution in [2.24, 2.45) is 4.99 Å². The zero-order chi connectivity index (χ0) is 19.5. The van der Waals surface area contributed by atoms with Gasteiger partial charge in [0.2, 0.25) is 0 Å². The standard InChI is InChI=1S/C20H34N4O3.HI/c1-5-21-20(22-8-6-12-25-2)23-9-11-24-10-7-16-13-18(26-3)19(27-4)14-17(16)15-24;/h13-14H,5-12,15H2,1-4H3,(H2,21,22,23);1H. The minimum Gasteiger partial charge on any atom is -0.493 e. The molecule has 1 aliphatic heterocycles. The van der Waals surface area contributed by atoms with Crippen LogP contribution >= 0.6 is 24.0 Å². The average Bonchev–Trinajstić information content (AvgIpc) is 2.69. The summed E-state index contributed by atoms with van der Waals surface area (Å²) in [7, 11) is 5.09. The number of rotatable bonds is 10. The number of methoxy groups -OCH3 is 3. The van der Waals surface area contributed by atoms with E-state index >= 15 is 0 Å². The van der Waals surface area contributed by atoms with E-state index in [1.807, 2.05) is 0 Å². The summed E-state index contributed by atoms with van der Waals surface area (Å²) in [6.07, 6.45) is 1.96. The van der Waals surface area contributed by atoms with E-state index in [4.69, 9.17) is 14.2 Å². The molecule has 2 N–H and O–H groups in total. The second kappa shape index (κ2) is 13.8. The quantitative estimate of drug-likeness (QED) is 0.220. The van der Waals surface area contributed by atoms with E-state index in [0.717, 1.165) is 76.2 Å². The molecule has 1 aromatic rings.